The summed E-state index contributed by atoms with van der Waals surface area (Å²) in [6.45, 7) is 8.70. The molecule has 4 nitrogen and oxygen atoms in total. The minimum atomic E-state index is -0.705. The Bertz CT molecular complexity index is 351. The van der Waals surface area contributed by atoms with E-state index >= 15 is 0 Å². The first-order chi connectivity index (χ1) is 9.97. The van der Waals surface area contributed by atoms with Gasteiger partial charge < -0.3 is 10.0 Å². The summed E-state index contributed by atoms with van der Waals surface area (Å²) in [5.74, 6) is 0.225. The first kappa shape index (κ1) is 16.8. The number of nitrogens with zero attached hydrogens (tertiary/aromatic N) is 1. The van der Waals surface area contributed by atoms with Crippen LogP contribution in [-0.2, 0) is 4.79 Å². The van der Waals surface area contributed by atoms with E-state index in [4.69, 9.17) is 0 Å². The quantitative estimate of drug-likeness (QED) is 0.615. The van der Waals surface area contributed by atoms with E-state index in [-0.39, 0.29) is 0 Å². The molecule has 2 rings (SSSR count). The maximum Gasteiger partial charge on any atom is 0.323 e. The van der Waals surface area contributed by atoms with Crippen LogP contribution in [0.5, 0.6) is 0 Å². The first-order valence-electron chi connectivity index (χ1n) is 8.72. The van der Waals surface area contributed by atoms with E-state index in [0.717, 1.165) is 38.1 Å². The minimum Gasteiger partial charge on any atom is -0.480 e. The Morgan fingerprint density at radius 2 is 2.00 bits per heavy atom. The molecule has 2 fully saturated rings. The van der Waals surface area contributed by atoms with E-state index in [9.17, 15) is 9.90 Å². The van der Waals surface area contributed by atoms with Crippen molar-refractivity contribution in [2.24, 2.45) is 5.92 Å². The van der Waals surface area contributed by atoms with Crippen molar-refractivity contribution < 1.29 is 9.90 Å². The average Bonchev–Trinajstić information content (AvgIpc) is 3.31. The van der Waals surface area contributed by atoms with Gasteiger partial charge in [0.2, 0.25) is 0 Å². The van der Waals surface area contributed by atoms with Gasteiger partial charge in [-0.25, -0.2) is 0 Å². The predicted molar refractivity (Wildman–Crippen MR) is 85.5 cm³/mol. The summed E-state index contributed by atoms with van der Waals surface area (Å²) in [6.07, 6.45) is 7.39. The van der Waals surface area contributed by atoms with Crippen LogP contribution >= 0.6 is 0 Å². The second-order valence-corrected chi connectivity index (χ2v) is 7.30. The van der Waals surface area contributed by atoms with Crippen molar-refractivity contribution in [2.75, 3.05) is 13.1 Å². The standard InChI is InChI=1S/C17H32N2O2/c1-4-17(16(20)21,18-15-8-9-15)10-5-11-19(13(2)3)12-14-6-7-14/h13-15,18H,4-12H2,1-3H3,(H,20,21). The van der Waals surface area contributed by atoms with Gasteiger partial charge in [-0.05, 0) is 71.3 Å². The molecule has 0 amide bonds. The van der Waals surface area contributed by atoms with Crippen molar-refractivity contribution in [3.63, 3.8) is 0 Å². The SMILES string of the molecule is CCC(CCCN(CC1CC1)C(C)C)(NC1CC1)C(=O)O. The molecule has 0 aromatic heterocycles. The molecule has 2 N–H and O–H groups in total. The van der Waals surface area contributed by atoms with E-state index in [0.29, 0.717) is 18.5 Å². The smallest absolute Gasteiger partial charge is 0.323 e. The van der Waals surface area contributed by atoms with Crippen LogP contribution in [0.15, 0.2) is 0 Å². The number of carboxylic acids is 1. The maximum atomic E-state index is 11.7. The largest absolute Gasteiger partial charge is 0.480 e. The highest BCUT2D eigenvalue weighted by Gasteiger charge is 2.40. The lowest BCUT2D eigenvalue weighted by Gasteiger charge is -2.32. The summed E-state index contributed by atoms with van der Waals surface area (Å²) in [5.41, 5.74) is -0.705. The second kappa shape index (κ2) is 7.10. The van der Waals surface area contributed by atoms with Crippen LogP contribution in [0.1, 0.15) is 65.7 Å². The third kappa shape index (κ3) is 4.96. The number of rotatable bonds is 11. The van der Waals surface area contributed by atoms with Gasteiger partial charge in [0, 0.05) is 18.6 Å². The zero-order valence-electron chi connectivity index (χ0n) is 13.9. The zero-order chi connectivity index (χ0) is 15.5. The molecule has 122 valence electrons. The van der Waals surface area contributed by atoms with Gasteiger partial charge in [-0.1, -0.05) is 6.92 Å². The molecule has 1 atom stereocenters. The molecule has 0 aromatic carbocycles. The third-order valence-corrected chi connectivity index (χ3v) is 5.04. The molecule has 0 heterocycles. The van der Waals surface area contributed by atoms with Crippen LogP contribution in [0, 0.1) is 5.92 Å². The molecule has 2 aliphatic carbocycles. The molecule has 0 aromatic rings. The van der Waals surface area contributed by atoms with Gasteiger partial charge in [-0.15, -0.1) is 0 Å². The molecule has 4 heteroatoms. The minimum absolute atomic E-state index is 0.439. The second-order valence-electron chi connectivity index (χ2n) is 7.30. The fourth-order valence-corrected chi connectivity index (χ4v) is 3.07. The van der Waals surface area contributed by atoms with Gasteiger partial charge in [0.05, 0.1) is 0 Å². The van der Waals surface area contributed by atoms with Crippen LogP contribution in [-0.4, -0.2) is 46.7 Å². The number of hydrogen-bond acceptors (Lipinski definition) is 3. The Hall–Kier alpha value is -0.610. The predicted octanol–water partition coefficient (Wildman–Crippen LogP) is 2.87. The molecular formula is C17H32N2O2. The lowest BCUT2D eigenvalue weighted by Crippen LogP contribution is -2.53. The zero-order valence-corrected chi connectivity index (χ0v) is 13.9. The van der Waals surface area contributed by atoms with E-state index in [2.05, 4.69) is 24.1 Å². The molecule has 2 saturated carbocycles. The molecule has 1 unspecified atom stereocenters. The monoisotopic (exact) mass is 296 g/mol. The van der Waals surface area contributed by atoms with Crippen molar-refractivity contribution in [2.45, 2.75) is 83.3 Å². The molecule has 0 spiro atoms. The van der Waals surface area contributed by atoms with Gasteiger partial charge in [-0.3, -0.25) is 10.1 Å². The molecule has 21 heavy (non-hydrogen) atoms. The molecule has 2 aliphatic rings. The van der Waals surface area contributed by atoms with Crippen molar-refractivity contribution in [1.82, 2.24) is 10.2 Å². The summed E-state index contributed by atoms with van der Waals surface area (Å²) in [7, 11) is 0. The van der Waals surface area contributed by atoms with Gasteiger partial charge >= 0.3 is 5.97 Å². The lowest BCUT2D eigenvalue weighted by atomic mass is 9.90. The number of nitrogens with one attached hydrogen (secondary N) is 1. The Kier molecular flexibility index (Phi) is 5.67. The van der Waals surface area contributed by atoms with Gasteiger partial charge in [-0.2, -0.15) is 0 Å². The van der Waals surface area contributed by atoms with Crippen LogP contribution < -0.4 is 5.32 Å². The highest BCUT2D eigenvalue weighted by molar-refractivity contribution is 5.78. The molecular weight excluding hydrogens is 264 g/mol. The van der Waals surface area contributed by atoms with Crippen LogP contribution in [0.2, 0.25) is 0 Å². The van der Waals surface area contributed by atoms with Crippen LogP contribution in [0.3, 0.4) is 0 Å². The van der Waals surface area contributed by atoms with Crippen molar-refractivity contribution in [3.8, 4) is 0 Å². The topological polar surface area (TPSA) is 52.6 Å². The normalized spacial score (nSPS) is 21.8. The Morgan fingerprint density at radius 3 is 2.43 bits per heavy atom. The summed E-state index contributed by atoms with van der Waals surface area (Å²) < 4.78 is 0. The van der Waals surface area contributed by atoms with Gasteiger partial charge in [0.15, 0.2) is 0 Å². The molecule has 0 radical (unpaired) electrons. The fraction of sp³-hybridized carbons (Fsp3) is 0.941. The van der Waals surface area contributed by atoms with Crippen LogP contribution in [0.25, 0.3) is 0 Å². The number of hydrogen-bond donors (Lipinski definition) is 2. The van der Waals surface area contributed by atoms with E-state index in [1.165, 1.54) is 19.4 Å². The Labute approximate surface area is 129 Å². The molecule has 0 bridgehead atoms. The van der Waals surface area contributed by atoms with Crippen molar-refractivity contribution in [1.29, 1.82) is 0 Å². The lowest BCUT2D eigenvalue weighted by molar-refractivity contribution is -0.145. The van der Waals surface area contributed by atoms with Crippen molar-refractivity contribution >= 4 is 5.97 Å². The van der Waals surface area contributed by atoms with Gasteiger partial charge in [0.25, 0.3) is 0 Å². The van der Waals surface area contributed by atoms with E-state index in [1.54, 1.807) is 0 Å². The average molecular weight is 296 g/mol. The summed E-state index contributed by atoms with van der Waals surface area (Å²) in [6, 6.07) is 0.997. The summed E-state index contributed by atoms with van der Waals surface area (Å²) in [4.78, 5) is 14.3. The molecule has 0 aliphatic heterocycles. The van der Waals surface area contributed by atoms with Crippen LogP contribution in [0.4, 0.5) is 0 Å². The van der Waals surface area contributed by atoms with E-state index < -0.39 is 11.5 Å². The first-order valence-corrected chi connectivity index (χ1v) is 8.72. The number of aliphatic carboxylic acids is 1. The Morgan fingerprint density at radius 1 is 1.33 bits per heavy atom. The third-order valence-electron chi connectivity index (χ3n) is 5.04. The highest BCUT2D eigenvalue weighted by atomic mass is 16.4. The fourth-order valence-electron chi connectivity index (χ4n) is 3.07. The summed E-state index contributed by atoms with van der Waals surface area (Å²) in [5, 5.41) is 13.0. The number of carboxylic acid groups (broad SMARTS) is 1. The number of carbonyl (C=O) groups is 1. The van der Waals surface area contributed by atoms with E-state index in [1.807, 2.05) is 6.92 Å². The summed E-state index contributed by atoms with van der Waals surface area (Å²) >= 11 is 0. The maximum absolute atomic E-state index is 11.7. The highest BCUT2D eigenvalue weighted by Crippen LogP contribution is 2.31. The van der Waals surface area contributed by atoms with Crippen molar-refractivity contribution in [3.05, 3.63) is 0 Å². The van der Waals surface area contributed by atoms with Gasteiger partial charge in [0.1, 0.15) is 5.54 Å². The molecule has 0 saturated heterocycles. The Balaban J connectivity index is 1.82.